The highest BCUT2D eigenvalue weighted by atomic mass is 32.2. The molecule has 118 valence electrons. The van der Waals surface area contributed by atoms with Crippen molar-refractivity contribution in [2.45, 2.75) is 32.7 Å². The number of furan rings is 1. The third kappa shape index (κ3) is 3.85. The molecule has 7 heteroatoms. The third-order valence-corrected chi connectivity index (χ3v) is 5.79. The van der Waals surface area contributed by atoms with Gasteiger partial charge in [-0.05, 0) is 38.8 Å². The van der Waals surface area contributed by atoms with E-state index in [-0.39, 0.29) is 23.6 Å². The number of nitrogens with one attached hydrogen (secondary N) is 1. The van der Waals surface area contributed by atoms with Crippen LogP contribution in [0.1, 0.15) is 38.5 Å². The minimum atomic E-state index is -3.14. The van der Waals surface area contributed by atoms with Crippen LogP contribution in [0.15, 0.2) is 22.8 Å². The fourth-order valence-electron chi connectivity index (χ4n) is 2.52. The Kier molecular flexibility index (Phi) is 5.05. The zero-order valence-electron chi connectivity index (χ0n) is 12.4. The second-order valence-corrected chi connectivity index (χ2v) is 7.58. The summed E-state index contributed by atoms with van der Waals surface area (Å²) < 4.78 is 30.3. The number of amides is 1. The largest absolute Gasteiger partial charge is 0.467 e. The first-order valence-electron chi connectivity index (χ1n) is 7.25. The van der Waals surface area contributed by atoms with Crippen molar-refractivity contribution in [2.24, 2.45) is 5.92 Å². The maximum absolute atomic E-state index is 12.2. The average Bonchev–Trinajstić information content (AvgIpc) is 3.01. The Hall–Kier alpha value is -1.34. The zero-order chi connectivity index (χ0) is 15.5. The molecular weight excluding hydrogens is 292 g/mol. The SMILES string of the molecule is CCS(=O)(=O)N1CCC(C(=O)N[C@H](C)c2ccco2)CC1. The van der Waals surface area contributed by atoms with Crippen molar-refractivity contribution >= 4 is 15.9 Å². The number of rotatable bonds is 5. The molecule has 1 aliphatic rings. The summed E-state index contributed by atoms with van der Waals surface area (Å²) in [4.78, 5) is 12.2. The molecule has 0 aliphatic carbocycles. The van der Waals surface area contributed by atoms with E-state index in [0.29, 0.717) is 31.7 Å². The van der Waals surface area contributed by atoms with Crippen molar-refractivity contribution in [3.05, 3.63) is 24.2 Å². The molecule has 0 spiro atoms. The van der Waals surface area contributed by atoms with E-state index in [4.69, 9.17) is 4.42 Å². The van der Waals surface area contributed by atoms with Gasteiger partial charge in [-0.3, -0.25) is 4.79 Å². The Labute approximate surface area is 125 Å². The lowest BCUT2D eigenvalue weighted by molar-refractivity contribution is -0.126. The topological polar surface area (TPSA) is 79.6 Å². The minimum Gasteiger partial charge on any atom is -0.467 e. The Morgan fingerprint density at radius 1 is 1.48 bits per heavy atom. The quantitative estimate of drug-likeness (QED) is 0.893. The highest BCUT2D eigenvalue weighted by Crippen LogP contribution is 2.21. The molecule has 1 atom stereocenters. The molecule has 21 heavy (non-hydrogen) atoms. The number of carbonyl (C=O) groups is 1. The van der Waals surface area contributed by atoms with Crippen molar-refractivity contribution in [1.82, 2.24) is 9.62 Å². The van der Waals surface area contributed by atoms with Crippen LogP contribution in [0.5, 0.6) is 0 Å². The molecule has 1 aromatic heterocycles. The van der Waals surface area contributed by atoms with Crippen molar-refractivity contribution in [3.8, 4) is 0 Å². The van der Waals surface area contributed by atoms with Gasteiger partial charge in [0.25, 0.3) is 0 Å². The Morgan fingerprint density at radius 2 is 2.14 bits per heavy atom. The molecule has 1 saturated heterocycles. The van der Waals surface area contributed by atoms with Crippen LogP contribution in [0.25, 0.3) is 0 Å². The zero-order valence-corrected chi connectivity index (χ0v) is 13.2. The fraction of sp³-hybridized carbons (Fsp3) is 0.643. The maximum Gasteiger partial charge on any atom is 0.223 e. The van der Waals surface area contributed by atoms with Crippen molar-refractivity contribution in [1.29, 1.82) is 0 Å². The smallest absolute Gasteiger partial charge is 0.223 e. The molecule has 0 aromatic carbocycles. The third-order valence-electron chi connectivity index (χ3n) is 3.91. The normalized spacial score (nSPS) is 19.3. The molecule has 1 aliphatic heterocycles. The molecule has 0 bridgehead atoms. The molecule has 0 unspecified atom stereocenters. The maximum atomic E-state index is 12.2. The monoisotopic (exact) mass is 314 g/mol. The van der Waals surface area contributed by atoms with Crippen molar-refractivity contribution in [3.63, 3.8) is 0 Å². The van der Waals surface area contributed by atoms with Crippen LogP contribution < -0.4 is 5.32 Å². The highest BCUT2D eigenvalue weighted by Gasteiger charge is 2.30. The second kappa shape index (κ2) is 6.62. The van der Waals surface area contributed by atoms with Gasteiger partial charge < -0.3 is 9.73 Å². The van der Waals surface area contributed by atoms with Gasteiger partial charge in [-0.1, -0.05) is 0 Å². The first-order valence-corrected chi connectivity index (χ1v) is 8.86. The minimum absolute atomic E-state index is 0.0348. The van der Waals surface area contributed by atoms with Gasteiger partial charge in [0, 0.05) is 19.0 Å². The van der Waals surface area contributed by atoms with E-state index in [1.807, 2.05) is 13.0 Å². The number of sulfonamides is 1. The van der Waals surface area contributed by atoms with Crippen LogP contribution in [0.4, 0.5) is 0 Å². The number of carbonyl (C=O) groups excluding carboxylic acids is 1. The fourth-order valence-corrected chi connectivity index (χ4v) is 3.65. The van der Waals surface area contributed by atoms with Crippen LogP contribution in [0, 0.1) is 5.92 Å². The van der Waals surface area contributed by atoms with Gasteiger partial charge in [0.2, 0.25) is 15.9 Å². The van der Waals surface area contributed by atoms with Crippen LogP contribution in [0.2, 0.25) is 0 Å². The summed E-state index contributed by atoms with van der Waals surface area (Å²) in [5.41, 5.74) is 0. The van der Waals surface area contributed by atoms with E-state index < -0.39 is 10.0 Å². The molecule has 2 rings (SSSR count). The standard InChI is InChI=1S/C14H22N2O4S/c1-3-21(18,19)16-8-6-12(7-9-16)14(17)15-11(2)13-5-4-10-20-13/h4-5,10-12H,3,6-9H2,1-2H3,(H,15,17)/t11-/m1/s1. The molecular formula is C14H22N2O4S. The Morgan fingerprint density at radius 3 is 2.67 bits per heavy atom. The summed E-state index contributed by atoms with van der Waals surface area (Å²) in [6.07, 6.45) is 2.71. The number of piperidine rings is 1. The lowest BCUT2D eigenvalue weighted by Gasteiger charge is -2.30. The van der Waals surface area contributed by atoms with Gasteiger partial charge in [-0.15, -0.1) is 0 Å². The summed E-state index contributed by atoms with van der Waals surface area (Å²) in [6.45, 7) is 4.35. The summed E-state index contributed by atoms with van der Waals surface area (Å²) in [7, 11) is -3.14. The van der Waals surface area contributed by atoms with Gasteiger partial charge in [0.15, 0.2) is 0 Å². The predicted octanol–water partition coefficient (Wildman–Crippen LogP) is 1.52. The van der Waals surface area contributed by atoms with Gasteiger partial charge in [0.05, 0.1) is 18.1 Å². The summed E-state index contributed by atoms with van der Waals surface area (Å²) in [5.74, 6) is 0.659. The van der Waals surface area contributed by atoms with Gasteiger partial charge in [-0.2, -0.15) is 0 Å². The molecule has 0 radical (unpaired) electrons. The highest BCUT2D eigenvalue weighted by molar-refractivity contribution is 7.89. The van der Waals surface area contributed by atoms with E-state index in [2.05, 4.69) is 5.32 Å². The average molecular weight is 314 g/mol. The first kappa shape index (κ1) is 16.0. The van der Waals surface area contributed by atoms with Gasteiger partial charge in [-0.25, -0.2) is 12.7 Å². The number of hydrogen-bond donors (Lipinski definition) is 1. The molecule has 1 amide bonds. The van der Waals surface area contributed by atoms with Crippen molar-refractivity contribution < 1.29 is 17.6 Å². The Bertz CT molecular complexity index is 560. The molecule has 6 nitrogen and oxygen atoms in total. The molecule has 2 heterocycles. The van der Waals surface area contributed by atoms with E-state index in [9.17, 15) is 13.2 Å². The first-order chi connectivity index (χ1) is 9.94. The molecule has 1 fully saturated rings. The summed E-state index contributed by atoms with van der Waals surface area (Å²) in [5, 5.41) is 2.92. The molecule has 1 N–H and O–H groups in total. The van der Waals surface area contributed by atoms with Crippen LogP contribution in [-0.4, -0.2) is 37.5 Å². The van der Waals surface area contributed by atoms with E-state index in [0.717, 1.165) is 0 Å². The summed E-state index contributed by atoms with van der Waals surface area (Å²) in [6, 6.07) is 3.43. The van der Waals surface area contributed by atoms with Gasteiger partial charge in [0.1, 0.15) is 5.76 Å². The number of nitrogens with zero attached hydrogens (tertiary/aromatic N) is 1. The van der Waals surface area contributed by atoms with E-state index >= 15 is 0 Å². The molecule has 0 saturated carbocycles. The predicted molar refractivity (Wildman–Crippen MR) is 79.0 cm³/mol. The lowest BCUT2D eigenvalue weighted by atomic mass is 9.97. The number of hydrogen-bond acceptors (Lipinski definition) is 4. The van der Waals surface area contributed by atoms with Crippen LogP contribution in [0.3, 0.4) is 0 Å². The Balaban J connectivity index is 1.86. The molecule has 1 aromatic rings. The van der Waals surface area contributed by atoms with Crippen LogP contribution in [-0.2, 0) is 14.8 Å². The van der Waals surface area contributed by atoms with E-state index in [1.165, 1.54) is 4.31 Å². The lowest BCUT2D eigenvalue weighted by Crippen LogP contribution is -2.43. The van der Waals surface area contributed by atoms with Crippen LogP contribution >= 0.6 is 0 Å². The van der Waals surface area contributed by atoms with Gasteiger partial charge >= 0.3 is 0 Å². The second-order valence-electron chi connectivity index (χ2n) is 5.32. The van der Waals surface area contributed by atoms with Crippen molar-refractivity contribution in [2.75, 3.05) is 18.8 Å². The summed E-state index contributed by atoms with van der Waals surface area (Å²) >= 11 is 0. The van der Waals surface area contributed by atoms with E-state index in [1.54, 1.807) is 19.3 Å².